The van der Waals surface area contributed by atoms with Crippen LogP contribution in [0.1, 0.15) is 38.2 Å². The lowest BCUT2D eigenvalue weighted by Gasteiger charge is -2.14. The van der Waals surface area contributed by atoms with Gasteiger partial charge in [0.15, 0.2) is 0 Å². The number of hydrogen-bond acceptors (Lipinski definition) is 1. The van der Waals surface area contributed by atoms with Crippen molar-refractivity contribution in [3.8, 4) is 0 Å². The summed E-state index contributed by atoms with van der Waals surface area (Å²) in [7, 11) is 2.06. The standard InChI is InChI=1S/C14H22ClN/c1-3-6-14(16-2)10-5-8-12-7-4-9-13(15)11-12/h4,7,9,11,14,16H,3,5-6,8,10H2,1-2H3. The van der Waals surface area contributed by atoms with Gasteiger partial charge in [-0.2, -0.15) is 0 Å². The number of hydrogen-bond donors (Lipinski definition) is 1. The van der Waals surface area contributed by atoms with Crippen LogP contribution in [-0.2, 0) is 6.42 Å². The fourth-order valence-electron chi connectivity index (χ4n) is 2.03. The molecule has 1 aromatic rings. The quantitative estimate of drug-likeness (QED) is 0.757. The van der Waals surface area contributed by atoms with E-state index in [1.807, 2.05) is 12.1 Å². The molecule has 0 bridgehead atoms. The second kappa shape index (κ2) is 7.70. The maximum absolute atomic E-state index is 5.95. The summed E-state index contributed by atoms with van der Waals surface area (Å²) in [6.45, 7) is 2.24. The highest BCUT2D eigenvalue weighted by Gasteiger charge is 2.04. The van der Waals surface area contributed by atoms with Gasteiger partial charge in [0, 0.05) is 11.1 Å². The number of aryl methyl sites for hydroxylation is 1. The number of rotatable bonds is 7. The molecular weight excluding hydrogens is 218 g/mol. The van der Waals surface area contributed by atoms with E-state index in [0.717, 1.165) is 11.4 Å². The van der Waals surface area contributed by atoms with Crippen LogP contribution < -0.4 is 5.32 Å². The van der Waals surface area contributed by atoms with Gasteiger partial charge in [-0.25, -0.2) is 0 Å². The summed E-state index contributed by atoms with van der Waals surface area (Å²) in [5.74, 6) is 0. The highest BCUT2D eigenvalue weighted by molar-refractivity contribution is 6.30. The summed E-state index contributed by atoms with van der Waals surface area (Å²) >= 11 is 5.95. The summed E-state index contributed by atoms with van der Waals surface area (Å²) in [6, 6.07) is 8.84. The van der Waals surface area contributed by atoms with Crippen molar-refractivity contribution in [1.82, 2.24) is 5.32 Å². The van der Waals surface area contributed by atoms with Gasteiger partial charge in [0.2, 0.25) is 0 Å². The van der Waals surface area contributed by atoms with Gasteiger partial charge in [-0.3, -0.25) is 0 Å². The van der Waals surface area contributed by atoms with Crippen molar-refractivity contribution in [1.29, 1.82) is 0 Å². The first-order chi connectivity index (χ1) is 7.76. The molecule has 1 atom stereocenters. The van der Waals surface area contributed by atoms with Gasteiger partial charge >= 0.3 is 0 Å². The molecule has 1 rings (SSSR count). The zero-order valence-corrected chi connectivity index (χ0v) is 11.1. The van der Waals surface area contributed by atoms with Gasteiger partial charge in [0.25, 0.3) is 0 Å². The molecule has 0 saturated carbocycles. The Morgan fingerprint density at radius 3 is 2.75 bits per heavy atom. The molecule has 90 valence electrons. The lowest BCUT2D eigenvalue weighted by molar-refractivity contribution is 0.470. The van der Waals surface area contributed by atoms with Crippen molar-refractivity contribution in [2.24, 2.45) is 0 Å². The first-order valence-electron chi connectivity index (χ1n) is 6.18. The van der Waals surface area contributed by atoms with Crippen molar-refractivity contribution in [2.75, 3.05) is 7.05 Å². The van der Waals surface area contributed by atoms with Crippen LogP contribution in [0.2, 0.25) is 5.02 Å². The molecule has 1 N–H and O–H groups in total. The Morgan fingerprint density at radius 1 is 1.31 bits per heavy atom. The zero-order valence-electron chi connectivity index (χ0n) is 10.3. The monoisotopic (exact) mass is 239 g/mol. The van der Waals surface area contributed by atoms with E-state index in [1.54, 1.807) is 0 Å². The van der Waals surface area contributed by atoms with Crippen molar-refractivity contribution in [2.45, 2.75) is 45.1 Å². The largest absolute Gasteiger partial charge is 0.317 e. The van der Waals surface area contributed by atoms with Crippen LogP contribution in [0.5, 0.6) is 0 Å². The van der Waals surface area contributed by atoms with Crippen LogP contribution in [0.3, 0.4) is 0 Å². The molecule has 0 aliphatic rings. The fourth-order valence-corrected chi connectivity index (χ4v) is 2.24. The van der Waals surface area contributed by atoms with E-state index in [9.17, 15) is 0 Å². The highest BCUT2D eigenvalue weighted by Crippen LogP contribution is 2.14. The average molecular weight is 240 g/mol. The van der Waals surface area contributed by atoms with Gasteiger partial charge in [-0.1, -0.05) is 37.1 Å². The van der Waals surface area contributed by atoms with Gasteiger partial charge < -0.3 is 5.32 Å². The van der Waals surface area contributed by atoms with Crippen molar-refractivity contribution in [3.63, 3.8) is 0 Å². The summed E-state index contributed by atoms with van der Waals surface area (Å²) in [5.41, 5.74) is 1.35. The molecule has 2 heteroatoms. The lowest BCUT2D eigenvalue weighted by Crippen LogP contribution is -2.24. The van der Waals surface area contributed by atoms with E-state index >= 15 is 0 Å². The van der Waals surface area contributed by atoms with Gasteiger partial charge in [0.05, 0.1) is 0 Å². The van der Waals surface area contributed by atoms with Crippen molar-refractivity contribution >= 4 is 11.6 Å². The van der Waals surface area contributed by atoms with E-state index in [-0.39, 0.29) is 0 Å². The lowest BCUT2D eigenvalue weighted by atomic mass is 10.0. The molecule has 16 heavy (non-hydrogen) atoms. The van der Waals surface area contributed by atoms with Gasteiger partial charge in [0.1, 0.15) is 0 Å². The van der Waals surface area contributed by atoms with E-state index in [0.29, 0.717) is 6.04 Å². The Bertz CT molecular complexity index is 299. The van der Waals surface area contributed by atoms with Crippen LogP contribution in [0.25, 0.3) is 0 Å². The number of nitrogens with one attached hydrogen (secondary N) is 1. The maximum atomic E-state index is 5.95. The Labute approximate surface area is 104 Å². The van der Waals surface area contributed by atoms with Gasteiger partial charge in [-0.15, -0.1) is 0 Å². The second-order valence-corrected chi connectivity index (χ2v) is 4.73. The van der Waals surface area contributed by atoms with Crippen molar-refractivity contribution < 1.29 is 0 Å². The van der Waals surface area contributed by atoms with E-state index in [4.69, 9.17) is 11.6 Å². The van der Waals surface area contributed by atoms with Crippen LogP contribution in [0, 0.1) is 0 Å². The molecule has 0 aliphatic carbocycles. The van der Waals surface area contributed by atoms with E-state index in [1.165, 1.54) is 31.2 Å². The Morgan fingerprint density at radius 2 is 2.12 bits per heavy atom. The first-order valence-corrected chi connectivity index (χ1v) is 6.55. The fraction of sp³-hybridized carbons (Fsp3) is 0.571. The average Bonchev–Trinajstić information content (AvgIpc) is 2.28. The predicted molar refractivity (Wildman–Crippen MR) is 72.1 cm³/mol. The molecule has 1 aromatic carbocycles. The van der Waals surface area contributed by atoms with Crippen molar-refractivity contribution in [3.05, 3.63) is 34.9 Å². The maximum Gasteiger partial charge on any atom is 0.0408 e. The third kappa shape index (κ3) is 5.00. The minimum Gasteiger partial charge on any atom is -0.317 e. The SMILES string of the molecule is CCCC(CCCc1cccc(Cl)c1)NC. The molecule has 0 radical (unpaired) electrons. The normalized spacial score (nSPS) is 12.7. The molecule has 1 nitrogen and oxygen atoms in total. The molecule has 1 unspecified atom stereocenters. The van der Waals surface area contributed by atoms with E-state index < -0.39 is 0 Å². The van der Waals surface area contributed by atoms with Gasteiger partial charge in [-0.05, 0) is 50.4 Å². The van der Waals surface area contributed by atoms with Crippen LogP contribution in [-0.4, -0.2) is 13.1 Å². The molecule has 0 saturated heterocycles. The Kier molecular flexibility index (Phi) is 6.51. The Hall–Kier alpha value is -0.530. The molecule has 0 spiro atoms. The minimum atomic E-state index is 0.671. The molecule has 0 fully saturated rings. The summed E-state index contributed by atoms with van der Waals surface area (Å²) in [6.07, 6.45) is 6.12. The Balaban J connectivity index is 2.29. The summed E-state index contributed by atoms with van der Waals surface area (Å²) in [4.78, 5) is 0. The summed E-state index contributed by atoms with van der Waals surface area (Å²) in [5, 5.41) is 4.22. The van der Waals surface area contributed by atoms with E-state index in [2.05, 4.69) is 31.4 Å². The number of halogens is 1. The van der Waals surface area contributed by atoms with Crippen LogP contribution >= 0.6 is 11.6 Å². The zero-order chi connectivity index (χ0) is 11.8. The molecule has 0 aliphatic heterocycles. The predicted octanol–water partition coefficient (Wildman–Crippen LogP) is 4.05. The second-order valence-electron chi connectivity index (χ2n) is 4.30. The third-order valence-corrected chi connectivity index (χ3v) is 3.19. The number of benzene rings is 1. The van der Waals surface area contributed by atoms with Crippen LogP contribution in [0.4, 0.5) is 0 Å². The topological polar surface area (TPSA) is 12.0 Å². The molecule has 0 amide bonds. The molecule has 0 heterocycles. The van der Waals surface area contributed by atoms with Crippen LogP contribution in [0.15, 0.2) is 24.3 Å². The molecule has 0 aromatic heterocycles. The minimum absolute atomic E-state index is 0.671. The molecular formula is C14H22ClN. The highest BCUT2D eigenvalue weighted by atomic mass is 35.5. The first kappa shape index (κ1) is 13.5. The smallest absolute Gasteiger partial charge is 0.0408 e. The summed E-state index contributed by atoms with van der Waals surface area (Å²) < 4.78 is 0. The third-order valence-electron chi connectivity index (χ3n) is 2.95.